The number of benzene rings is 2. The second kappa shape index (κ2) is 8.45. The molecular weight excluding hydrogens is 409 g/mol. The van der Waals surface area contributed by atoms with E-state index in [1.165, 1.54) is 35.2 Å². The van der Waals surface area contributed by atoms with E-state index >= 15 is 0 Å². The van der Waals surface area contributed by atoms with Crippen molar-refractivity contribution in [1.82, 2.24) is 10.2 Å². The number of carbonyl (C=O) groups excluding carboxylic acids is 2. The molecule has 0 unspecified atom stereocenters. The summed E-state index contributed by atoms with van der Waals surface area (Å²) >= 11 is 11.8. The second-order valence-corrected chi connectivity index (χ2v) is 6.97. The molecular formula is C18H15Cl2N3O5. The molecule has 0 radical (unpaired) electrons. The van der Waals surface area contributed by atoms with Crippen molar-refractivity contribution in [2.24, 2.45) is 0 Å². The number of imide groups is 1. The van der Waals surface area contributed by atoms with E-state index in [0.29, 0.717) is 23.1 Å². The van der Waals surface area contributed by atoms with Crippen molar-refractivity contribution in [3.63, 3.8) is 0 Å². The van der Waals surface area contributed by atoms with Crippen molar-refractivity contribution in [1.29, 1.82) is 0 Å². The summed E-state index contributed by atoms with van der Waals surface area (Å²) < 4.78 is 5.51. The van der Waals surface area contributed by atoms with E-state index in [4.69, 9.17) is 27.9 Å². The lowest BCUT2D eigenvalue weighted by Crippen LogP contribution is -2.41. The van der Waals surface area contributed by atoms with E-state index < -0.39 is 22.5 Å². The normalized spacial score (nSPS) is 13.3. The number of carbonyl (C=O) groups is 2. The Bertz CT molecular complexity index is 925. The highest BCUT2D eigenvalue weighted by Gasteiger charge is 2.23. The van der Waals surface area contributed by atoms with E-state index in [1.54, 1.807) is 0 Å². The first-order valence-electron chi connectivity index (χ1n) is 8.36. The summed E-state index contributed by atoms with van der Waals surface area (Å²) in [6.07, 6.45) is 1.76. The number of nitrogens with one attached hydrogen (secondary N) is 1. The summed E-state index contributed by atoms with van der Waals surface area (Å²) in [5.41, 5.74) is -0.465. The van der Waals surface area contributed by atoms with Crippen LogP contribution >= 0.6 is 23.2 Å². The van der Waals surface area contributed by atoms with Crippen LogP contribution in [0.25, 0.3) is 0 Å². The molecule has 1 saturated heterocycles. The standard InChI is InChI=1S/C18H15Cl2N3O5/c19-12-8-13(20)10-14(9-12)28-16-4-3-11(7-15(16)23(26)27)17(24)21-18(25)22-5-1-2-6-22/h3-4,7-10H,1-2,5-6H2,(H,21,24,25). The average Bonchev–Trinajstić information content (AvgIpc) is 3.15. The molecule has 8 nitrogen and oxygen atoms in total. The van der Waals surface area contributed by atoms with Crippen LogP contribution < -0.4 is 10.1 Å². The lowest BCUT2D eigenvalue weighted by atomic mass is 10.1. The van der Waals surface area contributed by atoms with E-state index in [1.807, 2.05) is 0 Å². The molecule has 0 aliphatic carbocycles. The summed E-state index contributed by atoms with van der Waals surface area (Å²) in [7, 11) is 0. The van der Waals surface area contributed by atoms with E-state index in [0.717, 1.165) is 18.9 Å². The summed E-state index contributed by atoms with van der Waals surface area (Å²) in [5, 5.41) is 14.3. The van der Waals surface area contributed by atoms with Gasteiger partial charge in [0, 0.05) is 34.8 Å². The highest BCUT2D eigenvalue weighted by molar-refractivity contribution is 6.34. The zero-order valence-corrected chi connectivity index (χ0v) is 16.0. The van der Waals surface area contributed by atoms with Crippen molar-refractivity contribution >= 4 is 40.8 Å². The molecule has 3 rings (SSSR count). The molecule has 28 heavy (non-hydrogen) atoms. The van der Waals surface area contributed by atoms with E-state index in [2.05, 4.69) is 5.32 Å². The van der Waals surface area contributed by atoms with Crippen LogP contribution in [0.5, 0.6) is 11.5 Å². The number of halogens is 2. The van der Waals surface area contributed by atoms with Crippen LogP contribution in [0.3, 0.4) is 0 Å². The van der Waals surface area contributed by atoms with Gasteiger partial charge in [0.2, 0.25) is 5.75 Å². The number of nitro groups is 1. The van der Waals surface area contributed by atoms with Gasteiger partial charge in [0.15, 0.2) is 0 Å². The molecule has 2 aromatic rings. The van der Waals surface area contributed by atoms with Crippen molar-refractivity contribution in [3.8, 4) is 11.5 Å². The molecule has 1 aliphatic heterocycles. The SMILES string of the molecule is O=C(NC(=O)N1CCCC1)c1ccc(Oc2cc(Cl)cc(Cl)c2)c([N+](=O)[O-])c1. The molecule has 0 bridgehead atoms. The number of nitro benzene ring substituents is 1. The summed E-state index contributed by atoms with van der Waals surface area (Å²) in [4.78, 5) is 36.6. The van der Waals surface area contributed by atoms with Crippen LogP contribution in [-0.4, -0.2) is 34.9 Å². The van der Waals surface area contributed by atoms with Crippen LogP contribution in [0.1, 0.15) is 23.2 Å². The molecule has 146 valence electrons. The number of hydrogen-bond donors (Lipinski definition) is 1. The maximum atomic E-state index is 12.3. The minimum absolute atomic E-state index is 0.0317. The number of nitrogens with zero attached hydrogens (tertiary/aromatic N) is 2. The second-order valence-electron chi connectivity index (χ2n) is 6.10. The predicted molar refractivity (Wildman–Crippen MR) is 103 cm³/mol. The average molecular weight is 424 g/mol. The molecule has 1 fully saturated rings. The summed E-state index contributed by atoms with van der Waals surface area (Å²) in [6, 6.07) is 7.55. The first-order chi connectivity index (χ1) is 13.3. The summed E-state index contributed by atoms with van der Waals surface area (Å²) in [5.74, 6) is -0.606. The fourth-order valence-electron chi connectivity index (χ4n) is 2.77. The van der Waals surface area contributed by atoms with Gasteiger partial charge in [-0.3, -0.25) is 20.2 Å². The van der Waals surface area contributed by atoms with Crippen LogP contribution in [0.2, 0.25) is 10.0 Å². The smallest absolute Gasteiger partial charge is 0.324 e. The minimum atomic E-state index is -0.725. The Labute approximate surface area is 170 Å². The highest BCUT2D eigenvalue weighted by atomic mass is 35.5. The molecule has 1 heterocycles. The van der Waals surface area contributed by atoms with Gasteiger partial charge in [-0.15, -0.1) is 0 Å². The van der Waals surface area contributed by atoms with Gasteiger partial charge in [-0.05, 0) is 43.2 Å². The first kappa shape index (κ1) is 19.9. The van der Waals surface area contributed by atoms with Gasteiger partial charge in [-0.1, -0.05) is 23.2 Å². The lowest BCUT2D eigenvalue weighted by molar-refractivity contribution is -0.385. The fraction of sp³-hybridized carbons (Fsp3) is 0.222. The van der Waals surface area contributed by atoms with Crippen LogP contribution in [0.15, 0.2) is 36.4 Å². The van der Waals surface area contributed by atoms with Crippen molar-refractivity contribution in [2.75, 3.05) is 13.1 Å². The van der Waals surface area contributed by atoms with Crippen LogP contribution in [0.4, 0.5) is 10.5 Å². The number of hydrogen-bond acceptors (Lipinski definition) is 5. The van der Waals surface area contributed by atoms with Gasteiger partial charge in [-0.25, -0.2) is 4.79 Å². The maximum Gasteiger partial charge on any atom is 0.324 e. The maximum absolute atomic E-state index is 12.3. The van der Waals surface area contributed by atoms with Crippen molar-refractivity contribution < 1.29 is 19.2 Å². The third-order valence-corrected chi connectivity index (χ3v) is 4.53. The number of rotatable bonds is 4. The molecule has 3 amide bonds. The van der Waals surface area contributed by atoms with Gasteiger partial charge in [0.05, 0.1) is 4.92 Å². The Morgan fingerprint density at radius 3 is 2.32 bits per heavy atom. The molecule has 0 saturated carbocycles. The lowest BCUT2D eigenvalue weighted by Gasteiger charge is -2.15. The Balaban J connectivity index is 1.81. The van der Waals surface area contributed by atoms with Crippen molar-refractivity contribution in [3.05, 3.63) is 62.1 Å². The number of likely N-dealkylation sites (tertiary alicyclic amines) is 1. The largest absolute Gasteiger partial charge is 0.450 e. The first-order valence-corrected chi connectivity index (χ1v) is 9.12. The molecule has 1 N–H and O–H groups in total. The van der Waals surface area contributed by atoms with E-state index in [9.17, 15) is 19.7 Å². The molecule has 0 aromatic heterocycles. The van der Waals surface area contributed by atoms with E-state index in [-0.39, 0.29) is 17.1 Å². The van der Waals surface area contributed by atoms with Crippen molar-refractivity contribution in [2.45, 2.75) is 12.8 Å². The third-order valence-electron chi connectivity index (χ3n) is 4.10. The number of amides is 3. The van der Waals surface area contributed by atoms with Crippen LogP contribution in [0, 0.1) is 10.1 Å². The van der Waals surface area contributed by atoms with Gasteiger partial charge >= 0.3 is 11.7 Å². The van der Waals surface area contributed by atoms with Gasteiger partial charge < -0.3 is 9.64 Å². The summed E-state index contributed by atoms with van der Waals surface area (Å²) in [6.45, 7) is 1.16. The predicted octanol–water partition coefficient (Wildman–Crippen LogP) is 4.64. The molecule has 2 aromatic carbocycles. The fourth-order valence-corrected chi connectivity index (χ4v) is 3.28. The van der Waals surface area contributed by atoms with Gasteiger partial charge in [0.25, 0.3) is 5.91 Å². The third kappa shape index (κ3) is 4.71. The monoisotopic (exact) mass is 423 g/mol. The quantitative estimate of drug-likeness (QED) is 0.569. The Morgan fingerprint density at radius 1 is 1.07 bits per heavy atom. The highest BCUT2D eigenvalue weighted by Crippen LogP contribution is 2.34. The molecule has 0 atom stereocenters. The number of urea groups is 1. The van der Waals surface area contributed by atoms with Gasteiger partial charge in [-0.2, -0.15) is 0 Å². The zero-order valence-electron chi connectivity index (χ0n) is 14.5. The van der Waals surface area contributed by atoms with Gasteiger partial charge in [0.1, 0.15) is 5.75 Å². The Hall–Kier alpha value is -2.84. The Morgan fingerprint density at radius 2 is 1.71 bits per heavy atom. The molecule has 1 aliphatic rings. The molecule has 10 heteroatoms. The molecule has 0 spiro atoms. The number of ether oxygens (including phenoxy) is 1. The zero-order chi connectivity index (χ0) is 20.3. The Kier molecular flexibility index (Phi) is 6.01. The topological polar surface area (TPSA) is 102 Å². The van der Waals surface area contributed by atoms with Crippen LogP contribution in [-0.2, 0) is 0 Å². The minimum Gasteiger partial charge on any atom is -0.450 e.